The number of furan rings is 1. The van der Waals surface area contributed by atoms with Gasteiger partial charge in [0, 0.05) is 41.7 Å². The highest BCUT2D eigenvalue weighted by Gasteiger charge is 2.20. The number of para-hydroxylation sites is 1. The van der Waals surface area contributed by atoms with Crippen LogP contribution in [0.4, 0.5) is 0 Å². The van der Waals surface area contributed by atoms with Gasteiger partial charge in [-0.05, 0) is 71.7 Å². The van der Waals surface area contributed by atoms with Gasteiger partial charge in [-0.15, -0.1) is 11.3 Å². The largest absolute Gasteiger partial charge is 0.456 e. The minimum atomic E-state index is 0.537. The molecule has 0 saturated carbocycles. The highest BCUT2D eigenvalue weighted by Crippen LogP contribution is 2.40. The van der Waals surface area contributed by atoms with Gasteiger partial charge in [0.2, 0.25) is 0 Å². The standard InChI is InChI=1S/C39H24N2OS/c1-3-27(39-30-14-6-8-18-37(30)43-36(39)4-2)32-21-26(20-31(33(32)23-41)25-12-9-11-24(19-25)22-40)28-15-10-17-35-38(28)29-13-5-7-16-34(29)42-35/h3-21H,1H2,2H3/b36-4+,39-27+. The molecule has 5 aromatic carbocycles. The Labute approximate surface area is 252 Å². The van der Waals surface area contributed by atoms with E-state index in [-0.39, 0.29) is 0 Å². The van der Waals surface area contributed by atoms with Crippen LogP contribution in [0.1, 0.15) is 23.6 Å². The second-order valence-corrected chi connectivity index (χ2v) is 11.4. The zero-order chi connectivity index (χ0) is 29.5. The summed E-state index contributed by atoms with van der Waals surface area (Å²) in [5.74, 6) is 0. The van der Waals surface area contributed by atoms with Gasteiger partial charge in [-0.25, -0.2) is 0 Å². The van der Waals surface area contributed by atoms with Gasteiger partial charge in [-0.3, -0.25) is 0 Å². The molecule has 202 valence electrons. The number of fused-ring (bicyclic) bond motifs is 4. The van der Waals surface area contributed by atoms with Gasteiger partial charge in [0.1, 0.15) is 17.2 Å². The first kappa shape index (κ1) is 26.2. The first-order valence-electron chi connectivity index (χ1n) is 14.0. The lowest BCUT2D eigenvalue weighted by atomic mass is 9.86. The molecular formula is C39H24N2OS. The summed E-state index contributed by atoms with van der Waals surface area (Å²) in [4.78, 5) is 0. The maximum absolute atomic E-state index is 10.7. The van der Waals surface area contributed by atoms with E-state index in [1.807, 2.05) is 73.7 Å². The number of rotatable bonds is 4. The SMILES string of the molecule is C=C/C(c1cc(-c2cccc3oc4ccccc4c23)cc(-c2cccc(C#N)c2)c1C#N)=c1\c(=C/C)sc2ccccc12. The summed E-state index contributed by atoms with van der Waals surface area (Å²) in [6, 6.07) is 38.9. The van der Waals surface area contributed by atoms with Crippen molar-refractivity contribution in [1.29, 1.82) is 10.5 Å². The number of hydrogen-bond donors (Lipinski definition) is 0. The number of allylic oxidation sites excluding steroid dienone is 1. The Morgan fingerprint density at radius 2 is 1.53 bits per heavy atom. The lowest BCUT2D eigenvalue weighted by Gasteiger charge is -2.16. The normalized spacial score (nSPS) is 12.4. The minimum Gasteiger partial charge on any atom is -0.456 e. The Bertz CT molecular complexity index is 2460. The van der Waals surface area contributed by atoms with Crippen LogP contribution in [-0.2, 0) is 0 Å². The van der Waals surface area contributed by atoms with Gasteiger partial charge in [0.05, 0.1) is 17.2 Å². The third-order valence-corrected chi connectivity index (χ3v) is 9.15. The molecule has 2 heterocycles. The maximum Gasteiger partial charge on any atom is 0.136 e. The molecule has 43 heavy (non-hydrogen) atoms. The zero-order valence-corrected chi connectivity index (χ0v) is 24.2. The van der Waals surface area contributed by atoms with Crippen molar-refractivity contribution in [2.75, 3.05) is 0 Å². The molecule has 0 aliphatic rings. The molecule has 0 saturated heterocycles. The fourth-order valence-corrected chi connectivity index (χ4v) is 7.13. The average molecular weight is 569 g/mol. The van der Waals surface area contributed by atoms with E-state index >= 15 is 0 Å². The van der Waals surface area contributed by atoms with Crippen LogP contribution < -0.4 is 9.75 Å². The Morgan fingerprint density at radius 3 is 2.33 bits per heavy atom. The number of hydrogen-bond acceptors (Lipinski definition) is 4. The molecule has 7 aromatic rings. The van der Waals surface area contributed by atoms with Gasteiger partial charge in [0.15, 0.2) is 0 Å². The molecule has 3 nitrogen and oxygen atoms in total. The van der Waals surface area contributed by atoms with Crippen LogP contribution in [0.25, 0.3) is 65.9 Å². The Hall–Kier alpha value is -5.68. The molecule has 0 atom stereocenters. The zero-order valence-electron chi connectivity index (χ0n) is 23.4. The third kappa shape index (κ3) is 4.25. The van der Waals surface area contributed by atoms with Crippen molar-refractivity contribution < 1.29 is 4.42 Å². The molecule has 0 aliphatic heterocycles. The van der Waals surface area contributed by atoms with Crippen LogP contribution in [0.5, 0.6) is 0 Å². The molecule has 0 fully saturated rings. The molecular weight excluding hydrogens is 545 g/mol. The molecule has 0 bridgehead atoms. The smallest absolute Gasteiger partial charge is 0.136 e. The number of nitriles is 2. The van der Waals surface area contributed by atoms with Crippen molar-refractivity contribution in [1.82, 2.24) is 0 Å². The molecule has 4 heteroatoms. The number of benzene rings is 5. The van der Waals surface area contributed by atoms with Crippen molar-refractivity contribution in [3.8, 4) is 34.4 Å². The molecule has 2 aromatic heterocycles. The maximum atomic E-state index is 10.7. The van der Waals surface area contributed by atoms with E-state index in [0.717, 1.165) is 70.5 Å². The van der Waals surface area contributed by atoms with Gasteiger partial charge in [-0.1, -0.05) is 79.4 Å². The summed E-state index contributed by atoms with van der Waals surface area (Å²) >= 11 is 1.73. The van der Waals surface area contributed by atoms with Gasteiger partial charge >= 0.3 is 0 Å². The number of nitrogens with zero attached hydrogens (tertiary/aromatic N) is 2. The van der Waals surface area contributed by atoms with Crippen LogP contribution in [0.3, 0.4) is 0 Å². The fraction of sp³-hybridized carbons (Fsp3) is 0.0256. The topological polar surface area (TPSA) is 60.7 Å². The first-order valence-corrected chi connectivity index (χ1v) is 14.8. The Kier molecular flexibility index (Phi) is 6.48. The van der Waals surface area contributed by atoms with Crippen LogP contribution in [0.2, 0.25) is 0 Å². The van der Waals surface area contributed by atoms with E-state index in [1.165, 1.54) is 4.70 Å². The van der Waals surface area contributed by atoms with Crippen molar-refractivity contribution in [2.45, 2.75) is 6.92 Å². The van der Waals surface area contributed by atoms with E-state index < -0.39 is 0 Å². The lowest BCUT2D eigenvalue weighted by Crippen LogP contribution is -2.22. The molecule has 0 N–H and O–H groups in total. The summed E-state index contributed by atoms with van der Waals surface area (Å²) in [6.45, 7) is 6.29. The predicted molar refractivity (Wildman–Crippen MR) is 178 cm³/mol. The fourth-order valence-electron chi connectivity index (χ4n) is 6.02. The van der Waals surface area contributed by atoms with Crippen LogP contribution >= 0.6 is 11.3 Å². The minimum absolute atomic E-state index is 0.537. The highest BCUT2D eigenvalue weighted by molar-refractivity contribution is 7.17. The molecule has 0 unspecified atom stereocenters. The predicted octanol–water partition coefficient (Wildman–Crippen LogP) is 9.06. The summed E-state index contributed by atoms with van der Waals surface area (Å²) in [5.41, 5.74) is 7.92. The second-order valence-electron chi connectivity index (χ2n) is 10.3. The summed E-state index contributed by atoms with van der Waals surface area (Å²) < 4.78 is 8.53. The quantitative estimate of drug-likeness (QED) is 0.213. The molecule has 0 radical (unpaired) electrons. The van der Waals surface area contributed by atoms with Crippen LogP contribution in [0, 0.1) is 22.7 Å². The molecule has 7 rings (SSSR count). The summed E-state index contributed by atoms with van der Waals surface area (Å²) in [7, 11) is 0. The molecule has 0 aliphatic carbocycles. The van der Waals surface area contributed by atoms with Crippen LogP contribution in [-0.4, -0.2) is 0 Å². The van der Waals surface area contributed by atoms with Crippen LogP contribution in [0.15, 0.2) is 120 Å². The van der Waals surface area contributed by atoms with Gasteiger partial charge in [0.25, 0.3) is 0 Å². The Balaban J connectivity index is 1.67. The summed E-state index contributed by atoms with van der Waals surface area (Å²) in [5, 5.41) is 24.7. The van der Waals surface area contributed by atoms with Crippen molar-refractivity contribution in [3.63, 3.8) is 0 Å². The Morgan fingerprint density at radius 1 is 0.767 bits per heavy atom. The monoisotopic (exact) mass is 568 g/mol. The van der Waals surface area contributed by atoms with E-state index in [2.05, 4.69) is 61.2 Å². The van der Waals surface area contributed by atoms with E-state index in [4.69, 9.17) is 4.42 Å². The van der Waals surface area contributed by atoms with Gasteiger partial charge < -0.3 is 4.42 Å². The van der Waals surface area contributed by atoms with E-state index in [0.29, 0.717) is 11.1 Å². The van der Waals surface area contributed by atoms with Gasteiger partial charge in [-0.2, -0.15) is 10.5 Å². The highest BCUT2D eigenvalue weighted by atomic mass is 32.1. The average Bonchev–Trinajstić information content (AvgIpc) is 3.63. The first-order chi connectivity index (χ1) is 21.1. The second kappa shape index (κ2) is 10.6. The van der Waals surface area contributed by atoms with Crippen molar-refractivity contribution in [3.05, 3.63) is 142 Å². The van der Waals surface area contributed by atoms with E-state index in [9.17, 15) is 10.5 Å². The van der Waals surface area contributed by atoms with Crippen molar-refractivity contribution >= 4 is 55.0 Å². The molecule has 0 spiro atoms. The van der Waals surface area contributed by atoms with E-state index in [1.54, 1.807) is 17.4 Å². The third-order valence-electron chi connectivity index (χ3n) is 7.91. The lowest BCUT2D eigenvalue weighted by molar-refractivity contribution is 0.669. The summed E-state index contributed by atoms with van der Waals surface area (Å²) in [6.07, 6.45) is 3.99. The van der Waals surface area contributed by atoms with Crippen molar-refractivity contribution in [2.24, 2.45) is 0 Å². The number of thiophene rings is 1. The molecule has 0 amide bonds.